The zero-order valence-corrected chi connectivity index (χ0v) is 10.9. The first kappa shape index (κ1) is 14.2. The van der Waals surface area contributed by atoms with Gasteiger partial charge < -0.3 is 20.5 Å². The lowest BCUT2D eigenvalue weighted by molar-refractivity contribution is -0.250. The molecule has 7 heteroatoms. The molecule has 0 spiro atoms. The third kappa shape index (κ3) is 5.86. The van der Waals surface area contributed by atoms with E-state index in [1.807, 2.05) is 0 Å². The van der Waals surface area contributed by atoms with Crippen LogP contribution in [0.15, 0.2) is 24.3 Å². The van der Waals surface area contributed by atoms with Gasteiger partial charge in [0.1, 0.15) is 6.09 Å². The topological polar surface area (TPSA) is 64.2 Å². The fourth-order valence-corrected chi connectivity index (χ4v) is 1.59. The van der Waals surface area contributed by atoms with Crippen molar-refractivity contribution in [1.29, 1.82) is 0 Å². The number of benzene rings is 1. The summed E-state index contributed by atoms with van der Waals surface area (Å²) in [5.74, 6) is 0. The van der Waals surface area contributed by atoms with E-state index in [2.05, 4.69) is 29.6 Å². The second kappa shape index (κ2) is 6.19. The normalized spacial score (nSPS) is 12.9. The number of halogens is 3. The van der Waals surface area contributed by atoms with Gasteiger partial charge >= 0.3 is 0 Å². The molecule has 0 fully saturated rings. The van der Waals surface area contributed by atoms with Crippen LogP contribution in [-0.2, 0) is 6.42 Å². The molecule has 2 N–H and O–H groups in total. The molecule has 0 radical (unpaired) electrons. The molecule has 1 aromatic rings. The van der Waals surface area contributed by atoms with Crippen molar-refractivity contribution in [3.05, 3.63) is 29.8 Å². The highest BCUT2D eigenvalue weighted by Gasteiger charge is 2.17. The fraction of sp³-hybridized carbons (Fsp3) is 0.300. The van der Waals surface area contributed by atoms with Crippen molar-refractivity contribution in [2.24, 2.45) is 0 Å². The van der Waals surface area contributed by atoms with Crippen molar-refractivity contribution in [3.63, 3.8) is 0 Å². The standard InChI is InChI=1S/C8H9N.C2H2Cl3NO2/c1-2-4-8-7(3-1)5-6-9-8;3-2(4,5)6-1(7)8/h1-4,9H,5-6H2;6H,(H,7,8)/p-1. The highest BCUT2D eigenvalue weighted by atomic mass is 35.6. The maximum atomic E-state index is 9.54. The molecular weight excluding hydrogens is 286 g/mol. The third-order valence-electron chi connectivity index (χ3n) is 1.97. The van der Waals surface area contributed by atoms with E-state index in [4.69, 9.17) is 34.8 Å². The number of hydrogen-bond donors (Lipinski definition) is 2. The number of hydrogen-bond acceptors (Lipinski definition) is 3. The molecule has 2 rings (SSSR count). The van der Waals surface area contributed by atoms with Crippen molar-refractivity contribution in [1.82, 2.24) is 5.32 Å². The number of rotatable bonds is 0. The van der Waals surface area contributed by atoms with Crippen LogP contribution in [0.2, 0.25) is 0 Å². The van der Waals surface area contributed by atoms with Crippen molar-refractivity contribution in [3.8, 4) is 0 Å². The van der Waals surface area contributed by atoms with Gasteiger partial charge in [-0.2, -0.15) is 0 Å². The van der Waals surface area contributed by atoms with E-state index in [-0.39, 0.29) is 0 Å². The lowest BCUT2D eigenvalue weighted by atomic mass is 10.2. The van der Waals surface area contributed by atoms with E-state index in [1.54, 1.807) is 0 Å². The predicted molar refractivity (Wildman–Crippen MR) is 67.5 cm³/mol. The van der Waals surface area contributed by atoms with Crippen LogP contribution < -0.4 is 15.7 Å². The minimum absolute atomic E-state index is 1.11. The number of amides is 1. The number of anilines is 1. The molecular formula is C10H10Cl3N2O2-. The Kier molecular flexibility index (Phi) is 5.18. The Balaban J connectivity index is 0.000000172. The van der Waals surface area contributed by atoms with Crippen molar-refractivity contribution in [2.45, 2.75) is 10.3 Å². The first-order valence-electron chi connectivity index (χ1n) is 4.76. The summed E-state index contributed by atoms with van der Waals surface area (Å²) in [7, 11) is 0. The Morgan fingerprint density at radius 1 is 1.35 bits per heavy atom. The zero-order valence-electron chi connectivity index (χ0n) is 8.67. The highest BCUT2D eigenvalue weighted by molar-refractivity contribution is 6.67. The summed E-state index contributed by atoms with van der Waals surface area (Å²) in [6, 6.07) is 8.46. The summed E-state index contributed by atoms with van der Waals surface area (Å²) in [5, 5.41) is 14.3. The molecule has 94 valence electrons. The monoisotopic (exact) mass is 295 g/mol. The van der Waals surface area contributed by atoms with Gasteiger partial charge in [-0.25, -0.2) is 0 Å². The lowest BCUT2D eigenvalue weighted by Crippen LogP contribution is -2.43. The zero-order chi connectivity index (χ0) is 12.9. The van der Waals surface area contributed by atoms with E-state index >= 15 is 0 Å². The molecule has 1 aliphatic heterocycles. The molecule has 1 aliphatic rings. The number of carbonyl (C=O) groups is 1. The van der Waals surface area contributed by atoms with E-state index < -0.39 is 10.0 Å². The average molecular weight is 297 g/mol. The van der Waals surface area contributed by atoms with E-state index in [1.165, 1.54) is 23.0 Å². The fourth-order valence-electron chi connectivity index (χ4n) is 1.36. The number of fused-ring (bicyclic) bond motifs is 1. The van der Waals surface area contributed by atoms with Crippen LogP contribution in [0.3, 0.4) is 0 Å². The third-order valence-corrected chi connectivity index (χ3v) is 2.25. The van der Waals surface area contributed by atoms with Crippen LogP contribution in [0.4, 0.5) is 10.5 Å². The molecule has 0 unspecified atom stereocenters. The summed E-state index contributed by atoms with van der Waals surface area (Å²) in [6.07, 6.45) is -0.430. The largest absolute Gasteiger partial charge is 0.530 e. The van der Waals surface area contributed by atoms with Crippen LogP contribution in [0.5, 0.6) is 0 Å². The molecule has 0 atom stereocenters. The van der Waals surface area contributed by atoms with Crippen LogP contribution in [0.1, 0.15) is 5.56 Å². The Labute approximate surface area is 114 Å². The van der Waals surface area contributed by atoms with Crippen LogP contribution in [-0.4, -0.2) is 16.6 Å². The van der Waals surface area contributed by atoms with Gasteiger partial charge in [-0.3, -0.25) is 0 Å². The van der Waals surface area contributed by atoms with Crippen molar-refractivity contribution >= 4 is 46.6 Å². The van der Waals surface area contributed by atoms with Gasteiger partial charge in [0.2, 0.25) is 0 Å². The summed E-state index contributed by atoms with van der Waals surface area (Å²) in [6.45, 7) is 1.11. The minimum atomic E-state index is -1.97. The van der Waals surface area contributed by atoms with E-state index in [9.17, 15) is 9.90 Å². The molecule has 1 aromatic carbocycles. The quantitative estimate of drug-likeness (QED) is 0.568. The van der Waals surface area contributed by atoms with Gasteiger partial charge in [0.15, 0.2) is 0 Å². The lowest BCUT2D eigenvalue weighted by Gasteiger charge is -2.13. The molecule has 0 aliphatic carbocycles. The van der Waals surface area contributed by atoms with Gasteiger partial charge in [0.05, 0.1) is 0 Å². The molecule has 0 saturated carbocycles. The van der Waals surface area contributed by atoms with Crippen molar-refractivity contribution in [2.75, 3.05) is 11.9 Å². The second-order valence-corrected chi connectivity index (χ2v) is 5.53. The number of carbonyl (C=O) groups excluding carboxylic acids is 1. The number of nitrogens with one attached hydrogen (secondary N) is 2. The number of para-hydroxylation sites is 1. The Hall–Kier alpha value is -0.840. The second-order valence-electron chi connectivity index (χ2n) is 3.24. The Morgan fingerprint density at radius 2 is 2.00 bits per heavy atom. The van der Waals surface area contributed by atoms with E-state index in [0.29, 0.717) is 0 Å². The number of alkyl halides is 3. The van der Waals surface area contributed by atoms with Gasteiger partial charge in [0.25, 0.3) is 3.92 Å². The molecule has 0 saturated heterocycles. The summed E-state index contributed by atoms with van der Waals surface area (Å²) in [4.78, 5) is 9.54. The average Bonchev–Trinajstić information content (AvgIpc) is 2.61. The summed E-state index contributed by atoms with van der Waals surface area (Å²) < 4.78 is -1.97. The highest BCUT2D eigenvalue weighted by Crippen LogP contribution is 2.21. The number of carboxylic acid groups (broad SMARTS) is 1. The summed E-state index contributed by atoms with van der Waals surface area (Å²) >= 11 is 14.8. The van der Waals surface area contributed by atoms with Crippen LogP contribution in [0, 0.1) is 0 Å². The first-order chi connectivity index (χ1) is 7.88. The molecule has 0 bridgehead atoms. The first-order valence-corrected chi connectivity index (χ1v) is 5.89. The SMILES string of the molecule is O=C([O-])NC(Cl)(Cl)Cl.c1ccc2c(c1)CCN2. The van der Waals surface area contributed by atoms with Gasteiger partial charge in [0, 0.05) is 12.2 Å². The van der Waals surface area contributed by atoms with Crippen LogP contribution in [0.25, 0.3) is 0 Å². The maximum Gasteiger partial charge on any atom is 0.266 e. The van der Waals surface area contributed by atoms with Gasteiger partial charge in [-0.05, 0) is 18.1 Å². The molecule has 1 heterocycles. The molecule has 0 aromatic heterocycles. The summed E-state index contributed by atoms with van der Waals surface area (Å²) in [5.41, 5.74) is 2.77. The molecule has 1 amide bonds. The van der Waals surface area contributed by atoms with Crippen molar-refractivity contribution < 1.29 is 9.90 Å². The van der Waals surface area contributed by atoms with E-state index in [0.717, 1.165) is 6.54 Å². The van der Waals surface area contributed by atoms with Gasteiger partial charge in [-0.1, -0.05) is 53.0 Å². The maximum absolute atomic E-state index is 9.54. The molecule has 17 heavy (non-hydrogen) atoms. The smallest absolute Gasteiger partial charge is 0.266 e. The Bertz CT molecular complexity index is 370. The predicted octanol–water partition coefficient (Wildman–Crippen LogP) is 1.90. The Morgan fingerprint density at radius 3 is 2.47 bits per heavy atom. The molecule has 4 nitrogen and oxygen atoms in total. The van der Waals surface area contributed by atoms with Crippen LogP contribution >= 0.6 is 34.8 Å². The minimum Gasteiger partial charge on any atom is -0.530 e. The van der Waals surface area contributed by atoms with Gasteiger partial charge in [-0.15, -0.1) is 0 Å².